The number of rotatable bonds is 9. The number of unbranched alkanes of at least 4 members (excludes halogenated alkanes) is 1. The van der Waals surface area contributed by atoms with Gasteiger partial charge in [-0.05, 0) is 38.3 Å². The summed E-state index contributed by atoms with van der Waals surface area (Å²) in [7, 11) is 0. The molecule has 0 aromatic carbocycles. The highest BCUT2D eigenvalue weighted by atomic mass is 16.5. The topological polar surface area (TPSA) is 24.5 Å². The Balaban J connectivity index is 1.87. The number of ether oxygens (including phenoxy) is 1. The lowest BCUT2D eigenvalue weighted by atomic mass is 9.89. The van der Waals surface area contributed by atoms with Crippen LogP contribution < -0.4 is 5.32 Å². The molecule has 3 heteroatoms. The van der Waals surface area contributed by atoms with Crippen molar-refractivity contribution in [1.29, 1.82) is 0 Å². The molecule has 0 aromatic heterocycles. The van der Waals surface area contributed by atoms with Crippen LogP contribution in [0.15, 0.2) is 0 Å². The zero-order valence-corrected chi connectivity index (χ0v) is 14.4. The van der Waals surface area contributed by atoms with Crippen molar-refractivity contribution in [3.8, 4) is 0 Å². The van der Waals surface area contributed by atoms with E-state index in [-0.39, 0.29) is 0 Å². The third-order valence-corrected chi connectivity index (χ3v) is 5.46. The van der Waals surface area contributed by atoms with Crippen LogP contribution in [0.5, 0.6) is 0 Å². The summed E-state index contributed by atoms with van der Waals surface area (Å²) >= 11 is 0. The van der Waals surface area contributed by atoms with Gasteiger partial charge in [-0.15, -0.1) is 0 Å². The summed E-state index contributed by atoms with van der Waals surface area (Å²) in [4.78, 5) is 2.67. The van der Waals surface area contributed by atoms with E-state index in [1.54, 1.807) is 0 Å². The van der Waals surface area contributed by atoms with Crippen LogP contribution in [0.1, 0.15) is 65.7 Å². The van der Waals surface area contributed by atoms with E-state index in [9.17, 15) is 0 Å². The summed E-state index contributed by atoms with van der Waals surface area (Å²) in [6, 6.07) is 1.25. The molecule has 0 bridgehead atoms. The van der Waals surface area contributed by atoms with Crippen LogP contribution in [0.2, 0.25) is 0 Å². The van der Waals surface area contributed by atoms with Crippen molar-refractivity contribution in [3.63, 3.8) is 0 Å². The van der Waals surface area contributed by atoms with E-state index in [4.69, 9.17) is 4.74 Å². The number of hydrogen-bond donors (Lipinski definition) is 1. The first kappa shape index (κ1) is 17.2. The molecular formula is C18H36N2O. The lowest BCUT2D eigenvalue weighted by Crippen LogP contribution is -2.54. The quantitative estimate of drug-likeness (QED) is 0.705. The molecule has 0 radical (unpaired) electrons. The highest BCUT2D eigenvalue weighted by Crippen LogP contribution is 2.27. The number of likely N-dealkylation sites (N-methyl/N-ethyl adjacent to an activating group) is 1. The molecule has 21 heavy (non-hydrogen) atoms. The van der Waals surface area contributed by atoms with E-state index >= 15 is 0 Å². The molecule has 1 N–H and O–H groups in total. The number of morpholine rings is 1. The van der Waals surface area contributed by atoms with E-state index in [1.807, 2.05) is 0 Å². The van der Waals surface area contributed by atoms with Crippen LogP contribution >= 0.6 is 0 Å². The maximum Gasteiger partial charge on any atom is 0.0855 e. The van der Waals surface area contributed by atoms with Crippen LogP contribution in [0.3, 0.4) is 0 Å². The maximum absolute atomic E-state index is 6.25. The average Bonchev–Trinajstić information content (AvgIpc) is 2.97. The molecule has 0 spiro atoms. The van der Waals surface area contributed by atoms with E-state index < -0.39 is 0 Å². The van der Waals surface area contributed by atoms with E-state index in [1.165, 1.54) is 51.5 Å². The van der Waals surface area contributed by atoms with Gasteiger partial charge in [-0.3, -0.25) is 4.90 Å². The van der Waals surface area contributed by atoms with Crippen LogP contribution in [-0.4, -0.2) is 49.3 Å². The number of fused-ring (bicyclic) bond motifs is 1. The highest BCUT2D eigenvalue weighted by Gasteiger charge is 2.35. The Kier molecular flexibility index (Phi) is 7.48. The second kappa shape index (κ2) is 9.12. The molecule has 0 aliphatic carbocycles. The maximum atomic E-state index is 6.25. The number of nitrogens with one attached hydrogen (secondary N) is 1. The third-order valence-electron chi connectivity index (χ3n) is 5.46. The van der Waals surface area contributed by atoms with Gasteiger partial charge < -0.3 is 10.1 Å². The van der Waals surface area contributed by atoms with E-state index in [0.29, 0.717) is 18.2 Å². The van der Waals surface area contributed by atoms with E-state index in [2.05, 4.69) is 31.0 Å². The van der Waals surface area contributed by atoms with Crippen molar-refractivity contribution in [2.24, 2.45) is 5.92 Å². The van der Waals surface area contributed by atoms with Crippen molar-refractivity contribution in [1.82, 2.24) is 10.2 Å². The molecule has 0 aromatic rings. The standard InChI is InChI=1S/C18H36N2O/c1-4-7-9-15(5-2)12-17(19-6-3)18-13-20-11-8-10-16(20)14-21-18/h15-19H,4-14H2,1-3H3. The summed E-state index contributed by atoms with van der Waals surface area (Å²) in [5, 5.41) is 3.72. The van der Waals surface area contributed by atoms with Gasteiger partial charge in [0, 0.05) is 18.6 Å². The Hall–Kier alpha value is -0.120. The van der Waals surface area contributed by atoms with Gasteiger partial charge in [0.1, 0.15) is 0 Å². The van der Waals surface area contributed by atoms with Gasteiger partial charge >= 0.3 is 0 Å². The van der Waals surface area contributed by atoms with Crippen LogP contribution in [0, 0.1) is 5.92 Å². The number of nitrogens with zero attached hydrogens (tertiary/aromatic N) is 1. The Morgan fingerprint density at radius 2 is 2.14 bits per heavy atom. The smallest absolute Gasteiger partial charge is 0.0855 e. The minimum Gasteiger partial charge on any atom is -0.374 e. The molecule has 0 amide bonds. The molecule has 0 saturated carbocycles. The molecule has 2 heterocycles. The second-order valence-electron chi connectivity index (χ2n) is 6.98. The van der Waals surface area contributed by atoms with Crippen molar-refractivity contribution in [3.05, 3.63) is 0 Å². The molecular weight excluding hydrogens is 260 g/mol. The van der Waals surface area contributed by atoms with Crippen LogP contribution in [0.25, 0.3) is 0 Å². The second-order valence-corrected chi connectivity index (χ2v) is 6.98. The lowest BCUT2D eigenvalue weighted by Gasteiger charge is -2.40. The van der Waals surface area contributed by atoms with Gasteiger partial charge in [0.2, 0.25) is 0 Å². The van der Waals surface area contributed by atoms with Gasteiger partial charge in [0.25, 0.3) is 0 Å². The molecule has 4 unspecified atom stereocenters. The predicted octanol–water partition coefficient (Wildman–Crippen LogP) is 3.43. The van der Waals surface area contributed by atoms with Gasteiger partial charge in [0.15, 0.2) is 0 Å². The fourth-order valence-electron chi connectivity index (χ4n) is 4.06. The Bertz CT molecular complexity index is 284. The summed E-state index contributed by atoms with van der Waals surface area (Å²) in [5.41, 5.74) is 0. The highest BCUT2D eigenvalue weighted by molar-refractivity contribution is 4.90. The van der Waals surface area contributed by atoms with Crippen molar-refractivity contribution in [2.75, 3.05) is 26.2 Å². The summed E-state index contributed by atoms with van der Waals surface area (Å²) in [6.45, 7) is 11.3. The molecule has 2 aliphatic heterocycles. The minimum absolute atomic E-state index is 0.398. The fraction of sp³-hybridized carbons (Fsp3) is 1.00. The van der Waals surface area contributed by atoms with Crippen LogP contribution in [0.4, 0.5) is 0 Å². The Morgan fingerprint density at radius 3 is 2.86 bits per heavy atom. The van der Waals surface area contributed by atoms with E-state index in [0.717, 1.165) is 25.6 Å². The zero-order valence-electron chi connectivity index (χ0n) is 14.4. The molecule has 3 nitrogen and oxygen atoms in total. The monoisotopic (exact) mass is 296 g/mol. The SMILES string of the molecule is CCCCC(CC)CC(NCC)C1CN2CCCC2CO1. The first-order valence-corrected chi connectivity index (χ1v) is 9.37. The predicted molar refractivity (Wildman–Crippen MR) is 89.7 cm³/mol. The van der Waals surface area contributed by atoms with Gasteiger partial charge in [-0.1, -0.05) is 46.5 Å². The molecule has 2 aliphatic rings. The zero-order chi connectivity index (χ0) is 15.1. The molecule has 4 atom stereocenters. The van der Waals surface area contributed by atoms with Gasteiger partial charge in [0.05, 0.1) is 12.7 Å². The van der Waals surface area contributed by atoms with Crippen molar-refractivity contribution >= 4 is 0 Å². The molecule has 2 rings (SSSR count). The Labute approximate surface area is 131 Å². The molecule has 2 saturated heterocycles. The number of hydrogen-bond acceptors (Lipinski definition) is 3. The van der Waals surface area contributed by atoms with Gasteiger partial charge in [-0.2, -0.15) is 0 Å². The fourth-order valence-corrected chi connectivity index (χ4v) is 4.06. The van der Waals surface area contributed by atoms with Gasteiger partial charge in [-0.25, -0.2) is 0 Å². The molecule has 124 valence electrons. The summed E-state index contributed by atoms with van der Waals surface area (Å²) in [5.74, 6) is 0.855. The lowest BCUT2D eigenvalue weighted by molar-refractivity contribution is -0.0676. The van der Waals surface area contributed by atoms with Crippen LogP contribution in [-0.2, 0) is 4.74 Å². The summed E-state index contributed by atoms with van der Waals surface area (Å²) < 4.78 is 6.25. The minimum atomic E-state index is 0.398. The summed E-state index contributed by atoms with van der Waals surface area (Å²) in [6.07, 6.45) is 9.76. The Morgan fingerprint density at radius 1 is 1.29 bits per heavy atom. The largest absolute Gasteiger partial charge is 0.374 e. The molecule has 2 fully saturated rings. The van der Waals surface area contributed by atoms with Crippen molar-refractivity contribution in [2.45, 2.75) is 83.9 Å². The normalized spacial score (nSPS) is 29.3. The third kappa shape index (κ3) is 4.94. The first-order chi connectivity index (χ1) is 10.3. The first-order valence-electron chi connectivity index (χ1n) is 9.37. The average molecular weight is 296 g/mol. The van der Waals surface area contributed by atoms with Crippen molar-refractivity contribution < 1.29 is 4.74 Å².